The van der Waals surface area contributed by atoms with Crippen molar-refractivity contribution < 1.29 is 33.0 Å². The molecule has 1 atom stereocenters. The van der Waals surface area contributed by atoms with Crippen LogP contribution in [0.3, 0.4) is 0 Å². The Bertz CT molecular complexity index is 645. The number of anilines is 1. The third-order valence-electron chi connectivity index (χ3n) is 2.60. The first-order chi connectivity index (χ1) is 10.3. The molecule has 0 saturated carbocycles. The van der Waals surface area contributed by atoms with E-state index in [2.05, 4.69) is 15.3 Å². The molecule has 0 saturated heterocycles. The van der Waals surface area contributed by atoms with Crippen LogP contribution in [0.1, 0.15) is 6.92 Å². The molecule has 0 aromatic heterocycles. The number of nitrogens with zero attached hydrogens (tertiary/aromatic N) is 1. The quantitative estimate of drug-likeness (QED) is 0.354. The number of ketones is 1. The van der Waals surface area contributed by atoms with Crippen molar-refractivity contribution in [3.8, 4) is 0 Å². The summed E-state index contributed by atoms with van der Waals surface area (Å²) < 4.78 is 30.5. The first-order valence-electron chi connectivity index (χ1n) is 5.92. The second kappa shape index (κ2) is 7.25. The van der Waals surface area contributed by atoms with Crippen LogP contribution in [0.25, 0.3) is 0 Å². The molecule has 1 aromatic rings. The molecule has 0 heterocycles. The zero-order valence-corrected chi connectivity index (χ0v) is 11.6. The minimum Gasteiger partial charge on any atom is -0.481 e. The summed E-state index contributed by atoms with van der Waals surface area (Å²) in [7, 11) is 0.967. The van der Waals surface area contributed by atoms with Gasteiger partial charge in [0.2, 0.25) is 11.5 Å². The molecular formula is C13H12F2N2O5. The maximum atomic E-state index is 13.4. The topological polar surface area (TPSA) is 105 Å². The first kappa shape index (κ1) is 17.2. The van der Waals surface area contributed by atoms with Gasteiger partial charge in [-0.05, 0) is 19.1 Å². The SMILES string of the molecule is COC(=O)C(=NNc1ccc(F)cc1F)C(=O)C(C)C(=O)O. The number of carbonyl (C=O) groups excluding carboxylic acids is 2. The van der Waals surface area contributed by atoms with Crippen LogP contribution in [0, 0.1) is 17.6 Å². The highest BCUT2D eigenvalue weighted by Crippen LogP contribution is 2.15. The molecule has 1 rings (SSSR count). The molecule has 0 aliphatic heterocycles. The predicted octanol–water partition coefficient (Wildman–Crippen LogP) is 1.20. The van der Waals surface area contributed by atoms with Gasteiger partial charge in [-0.2, -0.15) is 5.10 Å². The monoisotopic (exact) mass is 314 g/mol. The van der Waals surface area contributed by atoms with Crippen molar-refractivity contribution in [3.05, 3.63) is 29.8 Å². The van der Waals surface area contributed by atoms with Crippen molar-refractivity contribution in [3.63, 3.8) is 0 Å². The number of aliphatic carboxylic acids is 1. The van der Waals surface area contributed by atoms with Crippen molar-refractivity contribution in [2.45, 2.75) is 6.92 Å². The number of benzene rings is 1. The molecule has 0 spiro atoms. The molecule has 9 heteroatoms. The Balaban J connectivity index is 3.09. The highest BCUT2D eigenvalue weighted by Gasteiger charge is 2.30. The van der Waals surface area contributed by atoms with Gasteiger partial charge in [0.15, 0.2) is 5.82 Å². The van der Waals surface area contributed by atoms with Crippen molar-refractivity contribution >= 4 is 29.1 Å². The number of carbonyl (C=O) groups is 3. The number of carboxylic acids is 1. The summed E-state index contributed by atoms with van der Waals surface area (Å²) in [5.74, 6) is -7.14. The average Bonchev–Trinajstić information content (AvgIpc) is 2.47. The lowest BCUT2D eigenvalue weighted by Gasteiger charge is -2.08. The number of esters is 1. The molecule has 7 nitrogen and oxygen atoms in total. The summed E-state index contributed by atoms with van der Waals surface area (Å²) >= 11 is 0. The molecule has 118 valence electrons. The molecule has 0 fully saturated rings. The molecular weight excluding hydrogens is 302 g/mol. The Morgan fingerprint density at radius 2 is 1.95 bits per heavy atom. The van der Waals surface area contributed by atoms with E-state index in [1.807, 2.05) is 0 Å². The minimum absolute atomic E-state index is 0.307. The number of hydrazone groups is 1. The molecule has 0 aliphatic rings. The lowest BCUT2D eigenvalue weighted by Crippen LogP contribution is -2.34. The van der Waals surface area contributed by atoms with Gasteiger partial charge in [-0.1, -0.05) is 0 Å². The molecule has 1 unspecified atom stereocenters. The van der Waals surface area contributed by atoms with Crippen LogP contribution >= 0.6 is 0 Å². The fourth-order valence-corrected chi connectivity index (χ4v) is 1.31. The number of ether oxygens (including phenoxy) is 1. The van der Waals surface area contributed by atoms with E-state index >= 15 is 0 Å². The van der Waals surface area contributed by atoms with Gasteiger partial charge in [-0.15, -0.1) is 0 Å². The fourth-order valence-electron chi connectivity index (χ4n) is 1.31. The molecule has 0 aliphatic carbocycles. The first-order valence-corrected chi connectivity index (χ1v) is 5.92. The number of methoxy groups -OCH3 is 1. The zero-order chi connectivity index (χ0) is 16.9. The molecule has 0 bridgehead atoms. The Labute approximate surface area is 123 Å². The summed E-state index contributed by atoms with van der Waals surface area (Å²) in [5, 5.41) is 12.1. The van der Waals surface area contributed by atoms with Crippen LogP contribution in [-0.4, -0.2) is 35.6 Å². The second-order valence-electron chi connectivity index (χ2n) is 4.11. The molecule has 1 aromatic carbocycles. The fraction of sp³-hybridized carbons (Fsp3) is 0.231. The van der Waals surface area contributed by atoms with Gasteiger partial charge in [0.1, 0.15) is 11.7 Å². The van der Waals surface area contributed by atoms with Crippen molar-refractivity contribution in [1.82, 2.24) is 0 Å². The standard InChI is InChI=1S/C13H12F2N2O5/c1-6(12(19)20)11(18)10(13(21)22-2)17-16-9-4-3-7(14)5-8(9)15/h3-6,16H,1-2H3,(H,19,20). The Morgan fingerprint density at radius 1 is 1.32 bits per heavy atom. The summed E-state index contributed by atoms with van der Waals surface area (Å²) in [4.78, 5) is 34.1. The Hall–Kier alpha value is -2.84. The Kier molecular flexibility index (Phi) is 5.67. The van der Waals surface area contributed by atoms with Crippen LogP contribution < -0.4 is 5.43 Å². The number of halogens is 2. The van der Waals surface area contributed by atoms with Gasteiger partial charge in [0.05, 0.1) is 12.8 Å². The Morgan fingerprint density at radius 3 is 2.45 bits per heavy atom. The maximum Gasteiger partial charge on any atom is 0.362 e. The van der Waals surface area contributed by atoms with E-state index in [1.165, 1.54) is 0 Å². The lowest BCUT2D eigenvalue weighted by atomic mass is 10.0. The summed E-state index contributed by atoms with van der Waals surface area (Å²) in [5.41, 5.74) is 0.909. The van der Waals surface area contributed by atoms with E-state index in [1.54, 1.807) is 0 Å². The van der Waals surface area contributed by atoms with Gasteiger partial charge in [0, 0.05) is 6.07 Å². The molecule has 22 heavy (non-hydrogen) atoms. The number of Topliss-reactive ketones (excluding diaryl/α,β-unsaturated/α-hetero) is 1. The third kappa shape index (κ3) is 4.08. The van der Waals surface area contributed by atoms with Gasteiger partial charge in [-0.3, -0.25) is 15.0 Å². The molecule has 2 N–H and O–H groups in total. The van der Waals surface area contributed by atoms with E-state index in [9.17, 15) is 23.2 Å². The number of hydrogen-bond donors (Lipinski definition) is 2. The smallest absolute Gasteiger partial charge is 0.362 e. The largest absolute Gasteiger partial charge is 0.481 e. The lowest BCUT2D eigenvalue weighted by molar-refractivity contribution is -0.144. The summed E-state index contributed by atoms with van der Waals surface area (Å²) in [6.07, 6.45) is 0. The highest BCUT2D eigenvalue weighted by atomic mass is 19.1. The predicted molar refractivity (Wildman–Crippen MR) is 71.2 cm³/mol. The minimum atomic E-state index is -1.54. The van der Waals surface area contributed by atoms with Crippen LogP contribution in [0.15, 0.2) is 23.3 Å². The summed E-state index contributed by atoms with van der Waals surface area (Å²) in [6, 6.07) is 2.49. The summed E-state index contributed by atoms with van der Waals surface area (Å²) in [6.45, 7) is 1.06. The number of nitrogens with one attached hydrogen (secondary N) is 1. The van der Waals surface area contributed by atoms with E-state index < -0.39 is 41.0 Å². The van der Waals surface area contributed by atoms with Crippen LogP contribution in [0.5, 0.6) is 0 Å². The van der Waals surface area contributed by atoms with Gasteiger partial charge in [-0.25, -0.2) is 13.6 Å². The molecule has 0 radical (unpaired) electrons. The van der Waals surface area contributed by atoms with Crippen LogP contribution in [-0.2, 0) is 19.1 Å². The average molecular weight is 314 g/mol. The molecule has 0 amide bonds. The number of carboxylic acid groups (broad SMARTS) is 1. The van der Waals surface area contributed by atoms with Gasteiger partial charge in [0.25, 0.3) is 0 Å². The van der Waals surface area contributed by atoms with Crippen LogP contribution in [0.2, 0.25) is 0 Å². The van der Waals surface area contributed by atoms with Gasteiger partial charge >= 0.3 is 11.9 Å². The third-order valence-corrected chi connectivity index (χ3v) is 2.60. The highest BCUT2D eigenvalue weighted by molar-refractivity contribution is 6.65. The van der Waals surface area contributed by atoms with E-state index in [0.29, 0.717) is 6.07 Å². The van der Waals surface area contributed by atoms with Crippen molar-refractivity contribution in [1.29, 1.82) is 0 Å². The van der Waals surface area contributed by atoms with E-state index in [-0.39, 0.29) is 5.69 Å². The van der Waals surface area contributed by atoms with E-state index in [4.69, 9.17) is 5.11 Å². The normalized spacial score (nSPS) is 12.5. The zero-order valence-electron chi connectivity index (χ0n) is 11.6. The number of rotatable bonds is 6. The van der Waals surface area contributed by atoms with Crippen molar-refractivity contribution in [2.24, 2.45) is 11.0 Å². The van der Waals surface area contributed by atoms with E-state index in [0.717, 1.165) is 26.2 Å². The van der Waals surface area contributed by atoms with Crippen LogP contribution in [0.4, 0.5) is 14.5 Å². The number of hydrogen-bond acceptors (Lipinski definition) is 6. The maximum absolute atomic E-state index is 13.4. The van der Waals surface area contributed by atoms with Crippen molar-refractivity contribution in [2.75, 3.05) is 12.5 Å². The second-order valence-corrected chi connectivity index (χ2v) is 4.11. The van der Waals surface area contributed by atoms with Gasteiger partial charge < -0.3 is 9.84 Å².